The van der Waals surface area contributed by atoms with Gasteiger partial charge < -0.3 is 9.80 Å². The highest BCUT2D eigenvalue weighted by atomic mass is 16.2. The fourth-order valence-electron chi connectivity index (χ4n) is 4.27. The number of aromatic nitrogens is 6. The van der Waals surface area contributed by atoms with Gasteiger partial charge in [0, 0.05) is 38.0 Å². The number of urea groups is 1. The third-order valence-corrected chi connectivity index (χ3v) is 5.92. The number of carbonyl (C=O) groups excluding carboxylic acids is 1. The summed E-state index contributed by atoms with van der Waals surface area (Å²) in [7, 11) is 0. The molecule has 1 atom stereocenters. The predicted molar refractivity (Wildman–Crippen MR) is 106 cm³/mol. The molecule has 1 aromatic carbocycles. The predicted octanol–water partition coefficient (Wildman–Crippen LogP) is 2.01. The van der Waals surface area contributed by atoms with E-state index < -0.39 is 0 Å². The lowest BCUT2D eigenvalue weighted by molar-refractivity contribution is 0.121. The van der Waals surface area contributed by atoms with Gasteiger partial charge in [0.1, 0.15) is 23.8 Å². The van der Waals surface area contributed by atoms with E-state index in [-0.39, 0.29) is 11.9 Å². The van der Waals surface area contributed by atoms with Crippen LogP contribution >= 0.6 is 0 Å². The van der Waals surface area contributed by atoms with Crippen molar-refractivity contribution in [1.82, 2.24) is 39.7 Å². The third-order valence-electron chi connectivity index (χ3n) is 5.92. The molecule has 3 aromatic rings. The molecule has 0 bridgehead atoms. The SMILES string of the molecule is Cc1nc(C)n(-c2ccc(C3CN(C(=O)N4CC[C@H](c5ncn[nH]5)C4)C3)cc2)n1. The molecule has 4 heterocycles. The average Bonchev–Trinajstić information content (AvgIpc) is 3.41. The van der Waals surface area contributed by atoms with Gasteiger partial charge in [0.05, 0.1) is 5.69 Å². The van der Waals surface area contributed by atoms with Gasteiger partial charge in [0.2, 0.25) is 0 Å². The van der Waals surface area contributed by atoms with Gasteiger partial charge in [-0.05, 0) is 38.0 Å². The van der Waals surface area contributed by atoms with Gasteiger partial charge in [0.15, 0.2) is 0 Å². The molecule has 0 saturated carbocycles. The second-order valence-electron chi connectivity index (χ2n) is 7.90. The Bertz CT molecular complexity index is 1000. The molecule has 2 aliphatic heterocycles. The Labute approximate surface area is 168 Å². The van der Waals surface area contributed by atoms with Crippen molar-refractivity contribution >= 4 is 6.03 Å². The Morgan fingerprint density at radius 2 is 1.83 bits per heavy atom. The summed E-state index contributed by atoms with van der Waals surface area (Å²) in [4.78, 5) is 25.2. The highest BCUT2D eigenvalue weighted by molar-refractivity contribution is 5.76. The molecule has 2 saturated heterocycles. The van der Waals surface area contributed by atoms with E-state index in [4.69, 9.17) is 0 Å². The number of H-pyrrole nitrogens is 1. The number of hydrogen-bond acceptors (Lipinski definition) is 5. The molecule has 2 aliphatic rings. The zero-order valence-corrected chi connectivity index (χ0v) is 16.6. The van der Waals surface area contributed by atoms with Crippen molar-refractivity contribution < 1.29 is 4.79 Å². The fraction of sp³-hybridized carbons (Fsp3) is 0.450. The number of benzene rings is 1. The Balaban J connectivity index is 1.18. The molecule has 0 aliphatic carbocycles. The molecular formula is C20H24N8O. The van der Waals surface area contributed by atoms with E-state index in [1.165, 1.54) is 11.9 Å². The lowest BCUT2D eigenvalue weighted by Gasteiger charge is -2.41. The van der Waals surface area contributed by atoms with Crippen LogP contribution in [0.1, 0.15) is 41.3 Å². The van der Waals surface area contributed by atoms with Crippen LogP contribution in [0.2, 0.25) is 0 Å². The molecule has 9 nitrogen and oxygen atoms in total. The highest BCUT2D eigenvalue weighted by Gasteiger charge is 2.37. The molecule has 2 fully saturated rings. The van der Waals surface area contributed by atoms with E-state index in [0.717, 1.165) is 49.2 Å². The van der Waals surface area contributed by atoms with Gasteiger partial charge in [-0.25, -0.2) is 19.4 Å². The van der Waals surface area contributed by atoms with Crippen LogP contribution in [0.25, 0.3) is 5.69 Å². The molecule has 0 radical (unpaired) electrons. The molecule has 1 N–H and O–H groups in total. The van der Waals surface area contributed by atoms with Crippen LogP contribution in [0.15, 0.2) is 30.6 Å². The van der Waals surface area contributed by atoms with E-state index in [2.05, 4.69) is 49.5 Å². The van der Waals surface area contributed by atoms with Crippen LogP contribution in [-0.2, 0) is 0 Å². The summed E-state index contributed by atoms with van der Waals surface area (Å²) in [6.07, 6.45) is 2.46. The minimum absolute atomic E-state index is 0.133. The van der Waals surface area contributed by atoms with E-state index in [1.807, 2.05) is 28.3 Å². The number of amides is 2. The minimum atomic E-state index is 0.133. The van der Waals surface area contributed by atoms with Crippen LogP contribution in [0.3, 0.4) is 0 Å². The van der Waals surface area contributed by atoms with Crippen molar-refractivity contribution in [2.45, 2.75) is 32.1 Å². The first-order valence-corrected chi connectivity index (χ1v) is 9.98. The fourth-order valence-corrected chi connectivity index (χ4v) is 4.27. The summed E-state index contributed by atoms with van der Waals surface area (Å²) >= 11 is 0. The second kappa shape index (κ2) is 6.98. The van der Waals surface area contributed by atoms with Gasteiger partial charge >= 0.3 is 6.03 Å². The largest absolute Gasteiger partial charge is 0.324 e. The minimum Gasteiger partial charge on any atom is -0.324 e. The molecule has 2 amide bonds. The number of hydrogen-bond donors (Lipinski definition) is 1. The zero-order valence-electron chi connectivity index (χ0n) is 16.6. The normalized spacial score (nSPS) is 19.6. The molecule has 150 valence electrons. The van der Waals surface area contributed by atoms with E-state index in [1.54, 1.807) is 0 Å². The molecule has 29 heavy (non-hydrogen) atoms. The van der Waals surface area contributed by atoms with Crippen molar-refractivity contribution in [3.05, 3.63) is 53.6 Å². The molecule has 5 rings (SSSR count). The molecule has 0 spiro atoms. The number of aryl methyl sites for hydroxylation is 2. The van der Waals surface area contributed by atoms with Gasteiger partial charge in [-0.3, -0.25) is 5.10 Å². The van der Waals surface area contributed by atoms with Gasteiger partial charge in [-0.2, -0.15) is 10.2 Å². The van der Waals surface area contributed by atoms with Crippen LogP contribution in [0.5, 0.6) is 0 Å². The van der Waals surface area contributed by atoms with Crippen molar-refractivity contribution in [2.24, 2.45) is 0 Å². The van der Waals surface area contributed by atoms with Crippen LogP contribution < -0.4 is 0 Å². The Morgan fingerprint density at radius 1 is 1.07 bits per heavy atom. The van der Waals surface area contributed by atoms with Gasteiger partial charge in [-0.15, -0.1) is 0 Å². The first kappa shape index (κ1) is 17.8. The smallest absolute Gasteiger partial charge is 0.320 e. The second-order valence-corrected chi connectivity index (χ2v) is 7.90. The van der Waals surface area contributed by atoms with Crippen LogP contribution in [0.4, 0.5) is 4.79 Å². The zero-order chi connectivity index (χ0) is 20.0. The quantitative estimate of drug-likeness (QED) is 0.736. The van der Waals surface area contributed by atoms with Gasteiger partial charge in [-0.1, -0.05) is 12.1 Å². The molecule has 9 heteroatoms. The summed E-state index contributed by atoms with van der Waals surface area (Å²) < 4.78 is 1.86. The summed E-state index contributed by atoms with van der Waals surface area (Å²) in [6, 6.07) is 8.54. The standard InChI is InChI=1S/C20H24N8O/c1-13-23-14(2)28(25-13)18-5-3-15(4-6-18)17-10-27(11-17)20(29)26-8-7-16(9-26)19-21-12-22-24-19/h3-6,12,16-17H,7-11H2,1-2H3,(H,21,22,24)/t16-/m0/s1. The molecule has 2 aromatic heterocycles. The van der Waals surface area contributed by atoms with Crippen molar-refractivity contribution in [3.8, 4) is 5.69 Å². The van der Waals surface area contributed by atoms with Crippen molar-refractivity contribution in [2.75, 3.05) is 26.2 Å². The monoisotopic (exact) mass is 392 g/mol. The maximum absolute atomic E-state index is 12.8. The number of rotatable bonds is 3. The maximum Gasteiger partial charge on any atom is 0.320 e. The number of carbonyl (C=O) groups is 1. The summed E-state index contributed by atoms with van der Waals surface area (Å²) in [5, 5.41) is 11.3. The Hall–Kier alpha value is -3.23. The lowest BCUT2D eigenvalue weighted by Crippen LogP contribution is -2.53. The molecular weight excluding hydrogens is 368 g/mol. The summed E-state index contributed by atoms with van der Waals surface area (Å²) in [5.74, 6) is 3.17. The van der Waals surface area contributed by atoms with Crippen LogP contribution in [0, 0.1) is 13.8 Å². The van der Waals surface area contributed by atoms with E-state index in [0.29, 0.717) is 12.5 Å². The maximum atomic E-state index is 12.8. The van der Waals surface area contributed by atoms with E-state index in [9.17, 15) is 4.79 Å². The van der Waals surface area contributed by atoms with Crippen LogP contribution in [-0.4, -0.2) is 72.0 Å². The molecule has 0 unspecified atom stereocenters. The topological polar surface area (TPSA) is 95.8 Å². The number of nitrogens with one attached hydrogen (secondary N) is 1. The number of nitrogens with zero attached hydrogens (tertiary/aromatic N) is 7. The summed E-state index contributed by atoms with van der Waals surface area (Å²) in [5.41, 5.74) is 2.27. The number of likely N-dealkylation sites (tertiary alicyclic amines) is 2. The van der Waals surface area contributed by atoms with Crippen molar-refractivity contribution in [1.29, 1.82) is 0 Å². The summed E-state index contributed by atoms with van der Waals surface area (Å²) in [6.45, 7) is 6.87. The van der Waals surface area contributed by atoms with Gasteiger partial charge in [0.25, 0.3) is 0 Å². The lowest BCUT2D eigenvalue weighted by atomic mass is 9.91. The average molecular weight is 392 g/mol. The van der Waals surface area contributed by atoms with E-state index >= 15 is 0 Å². The highest BCUT2D eigenvalue weighted by Crippen LogP contribution is 2.31. The Morgan fingerprint density at radius 3 is 2.48 bits per heavy atom. The third kappa shape index (κ3) is 3.26. The Kier molecular flexibility index (Phi) is 4.30. The first-order chi connectivity index (χ1) is 14.1. The van der Waals surface area contributed by atoms with Crippen molar-refractivity contribution in [3.63, 3.8) is 0 Å². The first-order valence-electron chi connectivity index (χ1n) is 9.98. The number of aromatic amines is 1.